The highest BCUT2D eigenvalue weighted by atomic mass is 32.1. The van der Waals surface area contributed by atoms with Crippen LogP contribution in [0.25, 0.3) is 23.4 Å². The highest BCUT2D eigenvalue weighted by Gasteiger charge is 2.12. The third-order valence-corrected chi connectivity index (χ3v) is 4.41. The molecule has 0 radical (unpaired) electrons. The number of carbonyl (C=O) groups excluding carboxylic acids is 1. The molecule has 4 nitrogen and oxygen atoms in total. The second kappa shape index (κ2) is 7.10. The fourth-order valence-electron chi connectivity index (χ4n) is 2.22. The number of carboxylic acids is 1. The number of ether oxygens (including phenoxy) is 1. The van der Waals surface area contributed by atoms with Crippen molar-refractivity contribution in [3.63, 3.8) is 0 Å². The van der Waals surface area contributed by atoms with Gasteiger partial charge < -0.3 is 14.6 Å². The van der Waals surface area contributed by atoms with Crippen LogP contribution >= 0.6 is 11.3 Å². The first-order valence-corrected chi connectivity index (χ1v) is 8.09. The number of aromatic nitrogens is 1. The molecule has 0 N–H and O–H groups in total. The zero-order valence-corrected chi connectivity index (χ0v) is 13.7. The molecule has 0 atom stereocenters. The topological polar surface area (TPSA) is 62.2 Å². The van der Waals surface area contributed by atoms with Crippen molar-refractivity contribution in [2.24, 2.45) is 0 Å². The highest BCUT2D eigenvalue weighted by Crippen LogP contribution is 2.29. The lowest BCUT2D eigenvalue weighted by molar-refractivity contribution is -0.254. The maximum Gasteiger partial charge on any atom is 0.118 e. The van der Waals surface area contributed by atoms with E-state index in [0.717, 1.165) is 28.2 Å². The molecule has 3 rings (SSSR count). The van der Waals surface area contributed by atoms with Crippen molar-refractivity contribution >= 4 is 29.5 Å². The largest absolute Gasteiger partial charge is 0.544 e. The van der Waals surface area contributed by atoms with Gasteiger partial charge in [0.1, 0.15) is 10.8 Å². The maximum atomic E-state index is 11.4. The number of carbonyl (C=O) groups is 1. The van der Waals surface area contributed by atoms with Gasteiger partial charge in [-0.05, 0) is 23.8 Å². The van der Waals surface area contributed by atoms with Crippen LogP contribution in [0.1, 0.15) is 20.2 Å². The number of methoxy groups -OCH3 is 1. The molecule has 0 aliphatic heterocycles. The number of rotatable bonds is 5. The molecule has 120 valence electrons. The van der Waals surface area contributed by atoms with Crippen LogP contribution in [0.15, 0.2) is 54.6 Å². The average Bonchev–Trinajstić information content (AvgIpc) is 3.06. The number of hydrogen-bond acceptors (Lipinski definition) is 5. The first kappa shape index (κ1) is 16.0. The van der Waals surface area contributed by atoms with Gasteiger partial charge in [-0.25, -0.2) is 4.98 Å². The minimum Gasteiger partial charge on any atom is -0.544 e. The van der Waals surface area contributed by atoms with E-state index in [2.05, 4.69) is 4.98 Å². The van der Waals surface area contributed by atoms with E-state index in [4.69, 9.17) is 4.74 Å². The quantitative estimate of drug-likeness (QED) is 0.717. The zero-order chi connectivity index (χ0) is 16.9. The lowest BCUT2D eigenvalue weighted by Crippen LogP contribution is -2.21. The van der Waals surface area contributed by atoms with Gasteiger partial charge in [-0.2, -0.15) is 0 Å². The molecule has 1 aromatic heterocycles. The van der Waals surface area contributed by atoms with E-state index in [1.165, 1.54) is 0 Å². The molecular formula is C19H14NO3S-. The Bertz CT molecular complexity index is 867. The van der Waals surface area contributed by atoms with E-state index in [9.17, 15) is 9.90 Å². The van der Waals surface area contributed by atoms with E-state index in [0.29, 0.717) is 10.7 Å². The predicted octanol–water partition coefficient (Wildman–Crippen LogP) is 3.35. The van der Waals surface area contributed by atoms with Crippen LogP contribution in [0.4, 0.5) is 0 Å². The summed E-state index contributed by atoms with van der Waals surface area (Å²) >= 11 is 1.10. The summed E-state index contributed by atoms with van der Waals surface area (Å²) in [5.74, 6) is -0.428. The van der Waals surface area contributed by atoms with Crippen LogP contribution in [0.5, 0.6) is 5.75 Å². The fourth-order valence-corrected chi connectivity index (χ4v) is 3.05. The van der Waals surface area contributed by atoms with Gasteiger partial charge in [0.05, 0.1) is 23.7 Å². The molecule has 0 amide bonds. The number of nitrogens with zero attached hydrogens (tertiary/aromatic N) is 1. The number of thiazole rings is 1. The third-order valence-electron chi connectivity index (χ3n) is 3.41. The van der Waals surface area contributed by atoms with Gasteiger partial charge in [0.2, 0.25) is 0 Å². The Kier molecular flexibility index (Phi) is 4.72. The zero-order valence-electron chi connectivity index (χ0n) is 12.9. The van der Waals surface area contributed by atoms with Gasteiger partial charge in [-0.3, -0.25) is 0 Å². The SMILES string of the molecule is COc1ccc(/C=C/c2nc(-c3ccccc3)c(C(=O)[O-])s2)cc1. The first-order valence-electron chi connectivity index (χ1n) is 7.27. The number of hydrogen-bond donors (Lipinski definition) is 0. The van der Waals surface area contributed by atoms with Crippen molar-refractivity contribution in [1.82, 2.24) is 4.98 Å². The van der Waals surface area contributed by atoms with Gasteiger partial charge in [-0.15, -0.1) is 11.3 Å². The van der Waals surface area contributed by atoms with E-state index >= 15 is 0 Å². The molecule has 5 heteroatoms. The van der Waals surface area contributed by atoms with Crippen molar-refractivity contribution in [3.8, 4) is 17.0 Å². The number of benzene rings is 2. The van der Waals surface area contributed by atoms with Crippen molar-refractivity contribution in [1.29, 1.82) is 0 Å². The van der Waals surface area contributed by atoms with Gasteiger partial charge in [0.25, 0.3) is 0 Å². The summed E-state index contributed by atoms with van der Waals surface area (Å²) in [5.41, 5.74) is 2.18. The van der Waals surface area contributed by atoms with Crippen LogP contribution in [0, 0.1) is 0 Å². The third kappa shape index (κ3) is 3.52. The smallest absolute Gasteiger partial charge is 0.118 e. The number of carboxylic acid groups (broad SMARTS) is 1. The van der Waals surface area contributed by atoms with Crippen LogP contribution in [0.2, 0.25) is 0 Å². The molecule has 0 fully saturated rings. The minimum atomic E-state index is -1.21. The predicted molar refractivity (Wildman–Crippen MR) is 93.8 cm³/mol. The Balaban J connectivity index is 1.91. The van der Waals surface area contributed by atoms with E-state index in [1.807, 2.05) is 60.7 Å². The summed E-state index contributed by atoms with van der Waals surface area (Å²) in [4.78, 5) is 15.9. The minimum absolute atomic E-state index is 0.135. The monoisotopic (exact) mass is 336 g/mol. The van der Waals surface area contributed by atoms with Crippen LogP contribution < -0.4 is 9.84 Å². The van der Waals surface area contributed by atoms with Crippen LogP contribution in [-0.2, 0) is 0 Å². The summed E-state index contributed by atoms with van der Waals surface area (Å²) in [5, 5.41) is 12.0. The van der Waals surface area contributed by atoms with Crippen molar-refractivity contribution in [3.05, 3.63) is 70.0 Å². The number of aromatic carboxylic acids is 1. The van der Waals surface area contributed by atoms with E-state index in [-0.39, 0.29) is 4.88 Å². The Labute approximate surface area is 143 Å². The maximum absolute atomic E-state index is 11.4. The van der Waals surface area contributed by atoms with Gasteiger partial charge in [0.15, 0.2) is 0 Å². The first-order chi connectivity index (χ1) is 11.7. The molecule has 0 unspecified atom stereocenters. The van der Waals surface area contributed by atoms with E-state index in [1.54, 1.807) is 13.2 Å². The second-order valence-corrected chi connectivity index (χ2v) is 6.02. The van der Waals surface area contributed by atoms with Gasteiger partial charge in [0, 0.05) is 5.56 Å². The molecule has 24 heavy (non-hydrogen) atoms. The molecule has 0 aliphatic carbocycles. The van der Waals surface area contributed by atoms with Crippen molar-refractivity contribution < 1.29 is 14.6 Å². The summed E-state index contributed by atoms with van der Waals surface area (Å²) in [7, 11) is 1.62. The molecular weight excluding hydrogens is 322 g/mol. The Hall–Kier alpha value is -2.92. The lowest BCUT2D eigenvalue weighted by atomic mass is 10.1. The van der Waals surface area contributed by atoms with E-state index < -0.39 is 5.97 Å². The van der Waals surface area contributed by atoms with Crippen LogP contribution in [-0.4, -0.2) is 18.1 Å². The molecule has 3 aromatic rings. The normalized spacial score (nSPS) is 10.9. The second-order valence-electron chi connectivity index (χ2n) is 4.99. The van der Waals surface area contributed by atoms with Gasteiger partial charge in [-0.1, -0.05) is 48.5 Å². The molecule has 1 heterocycles. The summed E-state index contributed by atoms with van der Waals surface area (Å²) in [6.07, 6.45) is 3.68. The van der Waals surface area contributed by atoms with Gasteiger partial charge >= 0.3 is 0 Å². The Morgan fingerprint density at radius 1 is 1.08 bits per heavy atom. The molecule has 0 saturated carbocycles. The van der Waals surface area contributed by atoms with Crippen molar-refractivity contribution in [2.75, 3.05) is 7.11 Å². The summed E-state index contributed by atoms with van der Waals surface area (Å²) in [6.45, 7) is 0. The Morgan fingerprint density at radius 2 is 1.79 bits per heavy atom. The molecule has 0 bridgehead atoms. The standard InChI is InChI=1S/C19H15NO3S/c1-23-15-10-7-13(8-11-15)9-12-16-20-17(18(24-16)19(21)22)14-5-3-2-4-6-14/h2-12H,1H3,(H,21,22)/p-1/b12-9+. The molecule has 0 spiro atoms. The lowest BCUT2D eigenvalue weighted by Gasteiger charge is -2.01. The average molecular weight is 336 g/mol. The summed E-state index contributed by atoms with van der Waals surface area (Å²) < 4.78 is 5.12. The van der Waals surface area contributed by atoms with Crippen LogP contribution in [0.3, 0.4) is 0 Å². The summed E-state index contributed by atoms with van der Waals surface area (Å²) in [6, 6.07) is 16.8. The molecule has 0 aliphatic rings. The van der Waals surface area contributed by atoms with Crippen molar-refractivity contribution in [2.45, 2.75) is 0 Å². The fraction of sp³-hybridized carbons (Fsp3) is 0.0526. The molecule has 2 aromatic carbocycles. The Morgan fingerprint density at radius 3 is 2.42 bits per heavy atom. The molecule has 0 saturated heterocycles. The highest BCUT2D eigenvalue weighted by molar-refractivity contribution is 7.14.